The molecule has 0 aliphatic rings. The van der Waals surface area contributed by atoms with Gasteiger partial charge in [0.15, 0.2) is 0 Å². The number of imidazole rings is 1. The molecular weight excluding hydrogens is 500 g/mol. The van der Waals surface area contributed by atoms with Crippen molar-refractivity contribution in [3.8, 4) is 11.1 Å². The number of nitrogens with one attached hydrogen (secondary N) is 2. The molecule has 2 aromatic carbocycles. The molecule has 3 N–H and O–H groups in total. The Balaban J connectivity index is 1.88. The van der Waals surface area contributed by atoms with Crippen molar-refractivity contribution >= 4 is 33.7 Å². The predicted molar refractivity (Wildman–Crippen MR) is 141 cm³/mol. The number of aliphatic carboxylic acids is 1. The first kappa shape index (κ1) is 27.4. The van der Waals surface area contributed by atoms with Crippen molar-refractivity contribution in [2.75, 3.05) is 18.6 Å². The summed E-state index contributed by atoms with van der Waals surface area (Å²) in [6, 6.07) is 10.5. The van der Waals surface area contributed by atoms with Crippen molar-refractivity contribution in [2.45, 2.75) is 37.2 Å². The number of hydrogen-bond acceptors (Lipinski definition) is 6. The first-order chi connectivity index (χ1) is 17.2. The van der Waals surface area contributed by atoms with E-state index in [1.807, 2.05) is 36.1 Å². The van der Waals surface area contributed by atoms with Crippen LogP contribution in [0.25, 0.3) is 11.1 Å². The van der Waals surface area contributed by atoms with Crippen LogP contribution in [0.1, 0.15) is 28.8 Å². The van der Waals surface area contributed by atoms with Crippen molar-refractivity contribution in [3.63, 3.8) is 0 Å². The van der Waals surface area contributed by atoms with Crippen molar-refractivity contribution in [1.29, 1.82) is 0 Å². The molecule has 1 unspecified atom stereocenters. The molecule has 1 aromatic heterocycles. The minimum atomic E-state index is -3.84. The van der Waals surface area contributed by atoms with Gasteiger partial charge in [0.1, 0.15) is 6.04 Å². The highest BCUT2D eigenvalue weighted by Crippen LogP contribution is 2.29. The number of sulfonamides is 1. The smallest absolute Gasteiger partial charge is 0.326 e. The van der Waals surface area contributed by atoms with Crippen molar-refractivity contribution in [1.82, 2.24) is 19.6 Å². The van der Waals surface area contributed by atoms with Gasteiger partial charge in [0.05, 0.1) is 11.2 Å². The average molecular weight is 531 g/mol. The number of carboxylic acids is 1. The summed E-state index contributed by atoms with van der Waals surface area (Å²) in [5, 5.41) is 12.1. The van der Waals surface area contributed by atoms with Crippen LogP contribution in [-0.2, 0) is 21.4 Å². The fourth-order valence-corrected chi connectivity index (χ4v) is 5.26. The van der Waals surface area contributed by atoms with Gasteiger partial charge in [-0.25, -0.2) is 22.9 Å². The summed E-state index contributed by atoms with van der Waals surface area (Å²) in [7, 11) is -3.84. The van der Waals surface area contributed by atoms with E-state index in [2.05, 4.69) is 15.0 Å². The molecule has 1 atom stereocenters. The topological polar surface area (TPSA) is 130 Å². The maximum atomic E-state index is 13.2. The second-order valence-electron chi connectivity index (χ2n) is 8.22. The zero-order chi connectivity index (χ0) is 26.1. The molecule has 3 aromatic rings. The predicted octanol–water partition coefficient (Wildman–Crippen LogP) is 3.16. The molecule has 0 aliphatic heterocycles. The SMILES string of the molecule is CSCCC(NC(=O)c1ccc(S(=O)(=O)NCCCn2ccnc2)cc1-c1ccccc1C)C(=O)O. The number of aromatic nitrogens is 2. The summed E-state index contributed by atoms with van der Waals surface area (Å²) in [6.07, 6.45) is 7.86. The molecule has 1 heterocycles. The zero-order valence-electron chi connectivity index (χ0n) is 20.2. The molecule has 1 amide bonds. The quantitative estimate of drug-likeness (QED) is 0.289. The molecule has 9 nitrogen and oxygen atoms in total. The van der Waals surface area contributed by atoms with Gasteiger partial charge < -0.3 is 15.0 Å². The number of rotatable bonds is 13. The van der Waals surface area contributed by atoms with Gasteiger partial charge in [-0.15, -0.1) is 0 Å². The minimum absolute atomic E-state index is 0.0251. The number of nitrogens with zero attached hydrogens (tertiary/aromatic N) is 2. The summed E-state index contributed by atoms with van der Waals surface area (Å²) in [6.45, 7) is 2.72. The van der Waals surface area contributed by atoms with Crippen molar-refractivity contribution in [3.05, 3.63) is 72.3 Å². The van der Waals surface area contributed by atoms with Gasteiger partial charge in [0, 0.05) is 31.0 Å². The van der Waals surface area contributed by atoms with E-state index in [1.54, 1.807) is 24.7 Å². The summed E-state index contributed by atoms with van der Waals surface area (Å²) >= 11 is 1.49. The molecule has 0 fully saturated rings. The Morgan fingerprint density at radius 3 is 2.61 bits per heavy atom. The van der Waals surface area contributed by atoms with E-state index in [0.29, 0.717) is 29.8 Å². The van der Waals surface area contributed by atoms with Gasteiger partial charge in [-0.2, -0.15) is 11.8 Å². The number of carbonyl (C=O) groups is 2. The molecule has 0 spiro atoms. The Labute approximate surface area is 215 Å². The second-order valence-corrected chi connectivity index (χ2v) is 11.0. The van der Waals surface area contributed by atoms with Crippen LogP contribution in [0.4, 0.5) is 0 Å². The lowest BCUT2D eigenvalue weighted by Crippen LogP contribution is -2.41. The highest BCUT2D eigenvalue weighted by Gasteiger charge is 2.24. The fraction of sp³-hybridized carbons (Fsp3) is 0.320. The molecule has 3 rings (SSSR count). The summed E-state index contributed by atoms with van der Waals surface area (Å²) in [5.41, 5.74) is 2.17. The molecular formula is C25H30N4O5S2. The molecule has 36 heavy (non-hydrogen) atoms. The Bertz CT molecular complexity index is 1290. The van der Waals surface area contributed by atoms with E-state index < -0.39 is 27.9 Å². The highest BCUT2D eigenvalue weighted by molar-refractivity contribution is 7.98. The lowest BCUT2D eigenvalue weighted by Gasteiger charge is -2.18. The normalized spacial score (nSPS) is 12.3. The van der Waals surface area contributed by atoms with Gasteiger partial charge in [0.2, 0.25) is 10.0 Å². The molecule has 11 heteroatoms. The molecule has 0 aliphatic carbocycles. The Hall–Kier alpha value is -3.15. The number of carbonyl (C=O) groups excluding carboxylic acids is 1. The van der Waals surface area contributed by atoms with Crippen LogP contribution >= 0.6 is 11.8 Å². The number of thioether (sulfide) groups is 1. The minimum Gasteiger partial charge on any atom is -0.480 e. The average Bonchev–Trinajstić information content (AvgIpc) is 3.38. The first-order valence-corrected chi connectivity index (χ1v) is 14.3. The maximum Gasteiger partial charge on any atom is 0.326 e. The Morgan fingerprint density at radius 1 is 1.17 bits per heavy atom. The van der Waals surface area contributed by atoms with Crippen LogP contribution in [0.15, 0.2) is 66.1 Å². The van der Waals surface area contributed by atoms with Crippen LogP contribution in [0.2, 0.25) is 0 Å². The van der Waals surface area contributed by atoms with Crippen molar-refractivity contribution < 1.29 is 23.1 Å². The van der Waals surface area contributed by atoms with Crippen LogP contribution < -0.4 is 10.0 Å². The fourth-order valence-electron chi connectivity index (χ4n) is 3.69. The third kappa shape index (κ3) is 7.19. The van der Waals surface area contributed by atoms with Gasteiger partial charge in [-0.3, -0.25) is 4.79 Å². The van der Waals surface area contributed by atoms with Gasteiger partial charge in [-0.1, -0.05) is 24.3 Å². The second kappa shape index (κ2) is 12.7. The lowest BCUT2D eigenvalue weighted by molar-refractivity contribution is -0.139. The number of amides is 1. The largest absolute Gasteiger partial charge is 0.480 e. The van der Waals surface area contributed by atoms with E-state index in [1.165, 1.54) is 30.0 Å². The maximum absolute atomic E-state index is 13.2. The summed E-state index contributed by atoms with van der Waals surface area (Å²) in [5.74, 6) is -1.11. The molecule has 0 radical (unpaired) electrons. The van der Waals surface area contributed by atoms with E-state index in [4.69, 9.17) is 0 Å². The van der Waals surface area contributed by atoms with E-state index in [0.717, 1.165) is 5.56 Å². The van der Waals surface area contributed by atoms with E-state index >= 15 is 0 Å². The van der Waals surface area contributed by atoms with Gasteiger partial charge in [-0.05, 0) is 66.7 Å². The number of hydrogen-bond donors (Lipinski definition) is 3. The Kier molecular flexibility index (Phi) is 9.68. The number of benzene rings is 2. The molecule has 0 saturated carbocycles. The third-order valence-electron chi connectivity index (χ3n) is 5.64. The van der Waals surface area contributed by atoms with Crippen LogP contribution in [0.3, 0.4) is 0 Å². The lowest BCUT2D eigenvalue weighted by atomic mass is 9.95. The van der Waals surface area contributed by atoms with Crippen LogP contribution in [0, 0.1) is 6.92 Å². The third-order valence-corrected chi connectivity index (χ3v) is 7.74. The molecule has 192 valence electrons. The number of aryl methyl sites for hydroxylation is 2. The molecule has 0 bridgehead atoms. The van der Waals surface area contributed by atoms with Crippen molar-refractivity contribution in [2.24, 2.45) is 0 Å². The van der Waals surface area contributed by atoms with Gasteiger partial charge in [0.25, 0.3) is 5.91 Å². The highest BCUT2D eigenvalue weighted by atomic mass is 32.2. The van der Waals surface area contributed by atoms with Gasteiger partial charge >= 0.3 is 5.97 Å². The standard InChI is InChI=1S/C25H30N4O5S2/c1-18-6-3-4-7-20(18)22-16-19(36(33,34)27-11-5-13-29-14-12-26-17-29)8-9-21(22)24(30)28-23(25(31)32)10-15-35-2/h3-4,6-9,12,14,16-17,23,27H,5,10-11,13,15H2,1-2H3,(H,28,30)(H,31,32). The van der Waals surface area contributed by atoms with Crippen LogP contribution in [-0.4, -0.2) is 59.5 Å². The van der Waals surface area contributed by atoms with E-state index in [-0.39, 0.29) is 23.4 Å². The van der Waals surface area contributed by atoms with E-state index in [9.17, 15) is 23.1 Å². The zero-order valence-corrected chi connectivity index (χ0v) is 21.8. The monoisotopic (exact) mass is 530 g/mol. The summed E-state index contributed by atoms with van der Waals surface area (Å²) in [4.78, 5) is 28.8. The summed E-state index contributed by atoms with van der Waals surface area (Å²) < 4.78 is 30.5. The van der Waals surface area contributed by atoms with Crippen LogP contribution in [0.5, 0.6) is 0 Å². The first-order valence-electron chi connectivity index (χ1n) is 11.4. The number of carboxylic acid groups (broad SMARTS) is 1. The Morgan fingerprint density at radius 2 is 1.94 bits per heavy atom. The molecule has 0 saturated heterocycles.